The summed E-state index contributed by atoms with van der Waals surface area (Å²) >= 11 is 0. The van der Waals surface area contributed by atoms with E-state index >= 15 is 0 Å². The molecule has 0 saturated carbocycles. The quantitative estimate of drug-likeness (QED) is 0.745. The van der Waals surface area contributed by atoms with Gasteiger partial charge in [0.05, 0.1) is 23.6 Å². The van der Waals surface area contributed by atoms with Gasteiger partial charge in [0.15, 0.2) is 0 Å². The summed E-state index contributed by atoms with van der Waals surface area (Å²) in [6, 6.07) is 11.0. The van der Waals surface area contributed by atoms with Gasteiger partial charge < -0.3 is 14.4 Å². The highest BCUT2D eigenvalue weighted by Gasteiger charge is 2.24. The molecule has 0 aliphatic carbocycles. The standard InChI is InChI=1S/C21H26N2O5S/c1-4-23-11-12-27-20-10-5-16(13-19(20)21(23)24)22-29(25,26)18-8-6-17(7-9-18)28-14-15(2)3/h5-10,13,15,22H,4,11-12,14H2,1-3H3. The molecule has 1 amide bonds. The van der Waals surface area contributed by atoms with Crippen molar-refractivity contribution >= 4 is 21.6 Å². The number of rotatable bonds is 7. The van der Waals surface area contributed by atoms with Crippen LogP contribution in [0.25, 0.3) is 0 Å². The Morgan fingerprint density at radius 1 is 1.17 bits per heavy atom. The largest absolute Gasteiger partial charge is 0.493 e. The maximum absolute atomic E-state index is 12.7. The lowest BCUT2D eigenvalue weighted by atomic mass is 10.1. The van der Waals surface area contributed by atoms with E-state index in [0.29, 0.717) is 55.0 Å². The van der Waals surface area contributed by atoms with Crippen LogP contribution in [-0.2, 0) is 10.0 Å². The van der Waals surface area contributed by atoms with Gasteiger partial charge in [-0.1, -0.05) is 13.8 Å². The first-order chi connectivity index (χ1) is 13.8. The van der Waals surface area contributed by atoms with Gasteiger partial charge in [-0.25, -0.2) is 8.42 Å². The van der Waals surface area contributed by atoms with E-state index in [-0.39, 0.29) is 10.8 Å². The van der Waals surface area contributed by atoms with E-state index < -0.39 is 10.0 Å². The van der Waals surface area contributed by atoms with Gasteiger partial charge in [-0.3, -0.25) is 9.52 Å². The SMILES string of the molecule is CCN1CCOc2ccc(NS(=O)(=O)c3ccc(OCC(C)C)cc3)cc2C1=O. The molecule has 2 aromatic carbocycles. The summed E-state index contributed by atoms with van der Waals surface area (Å²) in [6.45, 7) is 7.99. The minimum atomic E-state index is -3.80. The zero-order valence-electron chi connectivity index (χ0n) is 16.8. The average Bonchev–Trinajstić information content (AvgIpc) is 2.85. The summed E-state index contributed by atoms with van der Waals surface area (Å²) < 4.78 is 39.2. The van der Waals surface area contributed by atoms with Crippen molar-refractivity contribution in [1.29, 1.82) is 0 Å². The van der Waals surface area contributed by atoms with Crippen molar-refractivity contribution in [3.63, 3.8) is 0 Å². The fourth-order valence-corrected chi connectivity index (χ4v) is 3.97. The number of fused-ring (bicyclic) bond motifs is 1. The van der Waals surface area contributed by atoms with Gasteiger partial charge in [0, 0.05) is 12.2 Å². The van der Waals surface area contributed by atoms with Gasteiger partial charge in [-0.2, -0.15) is 0 Å². The Balaban J connectivity index is 1.79. The van der Waals surface area contributed by atoms with Gasteiger partial charge in [0.2, 0.25) is 0 Å². The van der Waals surface area contributed by atoms with Crippen molar-refractivity contribution in [1.82, 2.24) is 4.90 Å². The second-order valence-corrected chi connectivity index (χ2v) is 8.91. The second kappa shape index (κ2) is 8.73. The van der Waals surface area contributed by atoms with Crippen molar-refractivity contribution in [3.8, 4) is 11.5 Å². The number of benzene rings is 2. The van der Waals surface area contributed by atoms with Crippen LogP contribution >= 0.6 is 0 Å². The summed E-state index contributed by atoms with van der Waals surface area (Å²) in [5.41, 5.74) is 0.653. The van der Waals surface area contributed by atoms with E-state index in [4.69, 9.17) is 9.47 Å². The highest BCUT2D eigenvalue weighted by Crippen LogP contribution is 2.28. The number of amides is 1. The average molecular weight is 419 g/mol. The van der Waals surface area contributed by atoms with Crippen LogP contribution in [0.5, 0.6) is 11.5 Å². The Bertz CT molecular complexity index is 971. The topological polar surface area (TPSA) is 84.9 Å². The molecule has 0 saturated heterocycles. The number of carbonyl (C=O) groups is 1. The molecule has 0 bridgehead atoms. The van der Waals surface area contributed by atoms with E-state index in [9.17, 15) is 13.2 Å². The van der Waals surface area contributed by atoms with Crippen LogP contribution in [0.1, 0.15) is 31.1 Å². The predicted octanol–water partition coefficient (Wildman–Crippen LogP) is 3.38. The first-order valence-corrected chi connectivity index (χ1v) is 11.1. The molecule has 156 valence electrons. The Kier molecular flexibility index (Phi) is 6.32. The fraction of sp³-hybridized carbons (Fsp3) is 0.381. The van der Waals surface area contributed by atoms with Crippen molar-refractivity contribution < 1.29 is 22.7 Å². The van der Waals surface area contributed by atoms with Crippen molar-refractivity contribution in [2.45, 2.75) is 25.7 Å². The first kappa shape index (κ1) is 21.0. The van der Waals surface area contributed by atoms with Crippen molar-refractivity contribution in [2.24, 2.45) is 5.92 Å². The molecule has 3 rings (SSSR count). The molecular formula is C21H26N2O5S. The van der Waals surface area contributed by atoms with Gasteiger partial charge in [0.25, 0.3) is 15.9 Å². The minimum absolute atomic E-state index is 0.113. The number of anilines is 1. The molecular weight excluding hydrogens is 392 g/mol. The molecule has 1 aliphatic heterocycles. The minimum Gasteiger partial charge on any atom is -0.493 e. The highest BCUT2D eigenvalue weighted by atomic mass is 32.2. The third kappa shape index (κ3) is 5.00. The van der Waals surface area contributed by atoms with Gasteiger partial charge in [-0.15, -0.1) is 0 Å². The summed E-state index contributed by atoms with van der Waals surface area (Å²) in [4.78, 5) is 14.4. The molecule has 1 heterocycles. The number of carbonyl (C=O) groups excluding carboxylic acids is 1. The smallest absolute Gasteiger partial charge is 0.261 e. The lowest BCUT2D eigenvalue weighted by Gasteiger charge is -2.17. The molecule has 1 N–H and O–H groups in total. The lowest BCUT2D eigenvalue weighted by molar-refractivity contribution is 0.0765. The van der Waals surface area contributed by atoms with Crippen LogP contribution in [0.15, 0.2) is 47.4 Å². The molecule has 8 heteroatoms. The van der Waals surface area contributed by atoms with Crippen molar-refractivity contribution in [3.05, 3.63) is 48.0 Å². The normalized spacial score (nSPS) is 14.2. The molecule has 29 heavy (non-hydrogen) atoms. The monoisotopic (exact) mass is 418 g/mol. The van der Waals surface area contributed by atoms with E-state index in [1.807, 2.05) is 20.8 Å². The zero-order valence-corrected chi connectivity index (χ0v) is 17.7. The van der Waals surface area contributed by atoms with E-state index in [0.717, 1.165) is 0 Å². The molecule has 0 atom stereocenters. The number of nitrogens with one attached hydrogen (secondary N) is 1. The molecule has 0 aromatic heterocycles. The number of hydrogen-bond donors (Lipinski definition) is 1. The zero-order chi connectivity index (χ0) is 21.0. The predicted molar refractivity (Wildman–Crippen MR) is 111 cm³/mol. The maximum atomic E-state index is 12.7. The van der Waals surface area contributed by atoms with E-state index in [1.54, 1.807) is 29.2 Å². The van der Waals surface area contributed by atoms with Crippen LogP contribution < -0.4 is 14.2 Å². The summed E-state index contributed by atoms with van der Waals surface area (Å²) in [5, 5.41) is 0. The Hall–Kier alpha value is -2.74. The van der Waals surface area contributed by atoms with Crippen LogP contribution in [-0.4, -0.2) is 45.5 Å². The number of hydrogen-bond acceptors (Lipinski definition) is 5. The fourth-order valence-electron chi connectivity index (χ4n) is 2.92. The van der Waals surface area contributed by atoms with Gasteiger partial charge in [0.1, 0.15) is 18.1 Å². The summed E-state index contributed by atoms with van der Waals surface area (Å²) in [7, 11) is -3.80. The number of likely N-dealkylation sites (N-methyl/N-ethyl adjacent to an activating group) is 1. The highest BCUT2D eigenvalue weighted by molar-refractivity contribution is 7.92. The lowest BCUT2D eigenvalue weighted by Crippen LogP contribution is -2.32. The van der Waals surface area contributed by atoms with E-state index in [2.05, 4.69) is 4.72 Å². The third-order valence-electron chi connectivity index (χ3n) is 4.47. The third-order valence-corrected chi connectivity index (χ3v) is 5.86. The van der Waals surface area contributed by atoms with Crippen LogP contribution in [0.4, 0.5) is 5.69 Å². The maximum Gasteiger partial charge on any atom is 0.261 e. The molecule has 0 unspecified atom stereocenters. The molecule has 0 fully saturated rings. The summed E-state index contributed by atoms with van der Waals surface area (Å²) in [6.07, 6.45) is 0. The Morgan fingerprint density at radius 2 is 1.90 bits per heavy atom. The van der Waals surface area contributed by atoms with Crippen LogP contribution in [0.3, 0.4) is 0 Å². The molecule has 0 spiro atoms. The summed E-state index contributed by atoms with van der Waals surface area (Å²) in [5.74, 6) is 1.28. The molecule has 1 aliphatic rings. The number of sulfonamides is 1. The van der Waals surface area contributed by atoms with Gasteiger partial charge in [-0.05, 0) is 55.3 Å². The molecule has 7 nitrogen and oxygen atoms in total. The second-order valence-electron chi connectivity index (χ2n) is 7.23. The van der Waals surface area contributed by atoms with E-state index in [1.165, 1.54) is 18.2 Å². The van der Waals surface area contributed by atoms with Gasteiger partial charge >= 0.3 is 0 Å². The Labute approximate surface area is 171 Å². The number of nitrogens with zero attached hydrogens (tertiary/aromatic N) is 1. The van der Waals surface area contributed by atoms with Crippen molar-refractivity contribution in [2.75, 3.05) is 31.0 Å². The van der Waals surface area contributed by atoms with Crippen LogP contribution in [0.2, 0.25) is 0 Å². The molecule has 2 aromatic rings. The Morgan fingerprint density at radius 3 is 2.55 bits per heavy atom. The van der Waals surface area contributed by atoms with Crippen LogP contribution in [0, 0.1) is 5.92 Å². The molecule has 0 radical (unpaired) electrons. The number of ether oxygens (including phenoxy) is 2. The first-order valence-electron chi connectivity index (χ1n) is 9.62.